The number of hydrogen-bond acceptors (Lipinski definition) is 3. The lowest BCUT2D eigenvalue weighted by molar-refractivity contribution is 0.0786. The second kappa shape index (κ2) is 9.97. The van der Waals surface area contributed by atoms with E-state index >= 15 is 0 Å². The zero-order valence-electron chi connectivity index (χ0n) is 7.18. The molecule has 0 aromatic rings. The molecule has 0 radical (unpaired) electrons. The summed E-state index contributed by atoms with van der Waals surface area (Å²) in [4.78, 5) is 0. The van der Waals surface area contributed by atoms with Gasteiger partial charge in [0.05, 0.1) is 19.8 Å². The molecule has 0 aliphatic rings. The van der Waals surface area contributed by atoms with Crippen molar-refractivity contribution in [3.63, 3.8) is 0 Å². The predicted molar refractivity (Wildman–Crippen MR) is 42.9 cm³/mol. The van der Waals surface area contributed by atoms with Gasteiger partial charge in [-0.25, -0.2) is 13.2 Å². The Morgan fingerprint density at radius 2 is 1.00 bits per heavy atom. The van der Waals surface area contributed by atoms with Crippen molar-refractivity contribution in [3.8, 4) is 0 Å². The fourth-order valence-corrected chi connectivity index (χ4v) is 1.70. The molecule has 0 atom stereocenters. The Balaban J connectivity index is 3.47. The minimum absolute atomic E-state index is 0.157. The molecule has 0 fully saturated rings. The second-order valence-electron chi connectivity index (χ2n) is 1.97. The summed E-state index contributed by atoms with van der Waals surface area (Å²) in [5.74, 6) is 0. The van der Waals surface area contributed by atoms with E-state index in [0.29, 0.717) is 0 Å². The van der Waals surface area contributed by atoms with Gasteiger partial charge in [0.1, 0.15) is 20.0 Å². The summed E-state index contributed by atoms with van der Waals surface area (Å²) in [7, 11) is -2.51. The van der Waals surface area contributed by atoms with Crippen LogP contribution in [-0.4, -0.2) is 49.4 Å². The SMILES string of the molecule is FCCO[SiH](OCCF)OCCF. The van der Waals surface area contributed by atoms with Gasteiger partial charge in [0.15, 0.2) is 0 Å². The van der Waals surface area contributed by atoms with Crippen LogP contribution in [0.2, 0.25) is 0 Å². The highest BCUT2D eigenvalue weighted by Gasteiger charge is 2.14. The third-order valence-electron chi connectivity index (χ3n) is 0.993. The molecule has 0 saturated carbocycles. The molecule has 0 spiro atoms. The van der Waals surface area contributed by atoms with Gasteiger partial charge in [-0.05, 0) is 0 Å². The van der Waals surface area contributed by atoms with Crippen molar-refractivity contribution in [2.75, 3.05) is 39.8 Å². The monoisotopic (exact) mass is 218 g/mol. The van der Waals surface area contributed by atoms with Gasteiger partial charge < -0.3 is 13.3 Å². The van der Waals surface area contributed by atoms with Crippen LogP contribution in [-0.2, 0) is 13.3 Å². The molecule has 3 nitrogen and oxygen atoms in total. The minimum atomic E-state index is -2.51. The fourth-order valence-electron chi connectivity index (χ4n) is 0.567. The third kappa shape index (κ3) is 8.22. The standard InChI is InChI=1S/C6H13F3O3Si/c7-1-4-10-13(11-5-2-8)12-6-3-9/h13H,1-6H2. The van der Waals surface area contributed by atoms with Crippen molar-refractivity contribution in [1.82, 2.24) is 0 Å². The Hall–Kier alpha value is -0.113. The molecular formula is C6H13F3O3Si. The third-order valence-corrected chi connectivity index (χ3v) is 2.52. The maximum Gasteiger partial charge on any atom is 0.484 e. The van der Waals surface area contributed by atoms with E-state index in [9.17, 15) is 13.2 Å². The molecule has 0 amide bonds. The van der Waals surface area contributed by atoms with Gasteiger partial charge in [0.2, 0.25) is 0 Å². The normalized spacial score (nSPS) is 11.1. The molecule has 0 unspecified atom stereocenters. The number of hydrogen-bond donors (Lipinski definition) is 0. The van der Waals surface area contributed by atoms with Crippen LogP contribution >= 0.6 is 0 Å². The van der Waals surface area contributed by atoms with E-state index in [0.717, 1.165) is 0 Å². The lowest BCUT2D eigenvalue weighted by Gasteiger charge is -2.13. The zero-order valence-corrected chi connectivity index (χ0v) is 8.33. The molecule has 0 aliphatic heterocycles. The van der Waals surface area contributed by atoms with Crippen molar-refractivity contribution in [3.05, 3.63) is 0 Å². The van der Waals surface area contributed by atoms with E-state index in [1.54, 1.807) is 0 Å². The molecule has 0 aliphatic carbocycles. The highest BCUT2D eigenvalue weighted by molar-refractivity contribution is 6.36. The summed E-state index contributed by atoms with van der Waals surface area (Å²) in [5, 5.41) is 0. The Morgan fingerprint density at radius 1 is 0.692 bits per heavy atom. The van der Waals surface area contributed by atoms with Crippen molar-refractivity contribution in [2.24, 2.45) is 0 Å². The molecular weight excluding hydrogens is 205 g/mol. The number of rotatable bonds is 9. The van der Waals surface area contributed by atoms with Crippen molar-refractivity contribution in [2.45, 2.75) is 0 Å². The van der Waals surface area contributed by atoms with Gasteiger partial charge in [-0.15, -0.1) is 0 Å². The highest BCUT2D eigenvalue weighted by Crippen LogP contribution is 1.93. The second-order valence-corrected chi connectivity index (χ2v) is 3.55. The lowest BCUT2D eigenvalue weighted by Crippen LogP contribution is -2.29. The van der Waals surface area contributed by atoms with Crippen molar-refractivity contribution < 1.29 is 26.4 Å². The van der Waals surface area contributed by atoms with Crippen LogP contribution in [0.1, 0.15) is 0 Å². The van der Waals surface area contributed by atoms with Gasteiger partial charge in [-0.1, -0.05) is 0 Å². The van der Waals surface area contributed by atoms with Crippen molar-refractivity contribution >= 4 is 9.53 Å². The Bertz CT molecular complexity index is 90.1. The average Bonchev–Trinajstić information content (AvgIpc) is 2.17. The maximum absolute atomic E-state index is 11.6. The predicted octanol–water partition coefficient (Wildman–Crippen LogP) is 0.662. The molecule has 0 aromatic heterocycles. The quantitative estimate of drug-likeness (QED) is 0.532. The van der Waals surface area contributed by atoms with E-state index in [4.69, 9.17) is 13.3 Å². The molecule has 0 N–H and O–H groups in total. The van der Waals surface area contributed by atoms with Gasteiger partial charge in [0, 0.05) is 0 Å². The van der Waals surface area contributed by atoms with Crippen LogP contribution in [0.15, 0.2) is 0 Å². The molecule has 0 rings (SSSR count). The Kier molecular flexibility index (Phi) is 9.88. The number of alkyl halides is 3. The number of halogens is 3. The Labute approximate surface area is 76.7 Å². The van der Waals surface area contributed by atoms with E-state index in [2.05, 4.69) is 0 Å². The van der Waals surface area contributed by atoms with Crippen LogP contribution in [0, 0.1) is 0 Å². The minimum Gasteiger partial charge on any atom is -0.373 e. The first-order chi connectivity index (χ1) is 6.35. The molecule has 0 heterocycles. The average molecular weight is 218 g/mol. The van der Waals surface area contributed by atoms with Gasteiger partial charge in [-0.3, -0.25) is 0 Å². The summed E-state index contributed by atoms with van der Waals surface area (Å²) in [5.41, 5.74) is 0. The molecule has 80 valence electrons. The molecule has 7 heteroatoms. The van der Waals surface area contributed by atoms with Crippen LogP contribution < -0.4 is 0 Å². The molecule has 13 heavy (non-hydrogen) atoms. The van der Waals surface area contributed by atoms with E-state index in [1.807, 2.05) is 0 Å². The van der Waals surface area contributed by atoms with Crippen LogP contribution in [0.4, 0.5) is 13.2 Å². The molecule has 0 aromatic carbocycles. The smallest absolute Gasteiger partial charge is 0.373 e. The molecule has 0 saturated heterocycles. The maximum atomic E-state index is 11.6. The van der Waals surface area contributed by atoms with E-state index in [1.165, 1.54) is 0 Å². The topological polar surface area (TPSA) is 27.7 Å². The largest absolute Gasteiger partial charge is 0.484 e. The molecule has 0 bridgehead atoms. The van der Waals surface area contributed by atoms with Gasteiger partial charge in [0.25, 0.3) is 0 Å². The summed E-state index contributed by atoms with van der Waals surface area (Å²) < 4.78 is 49.3. The fraction of sp³-hybridized carbons (Fsp3) is 1.00. The van der Waals surface area contributed by atoms with Gasteiger partial charge in [-0.2, -0.15) is 0 Å². The summed E-state index contributed by atoms with van der Waals surface area (Å²) in [6.07, 6.45) is 0. The summed E-state index contributed by atoms with van der Waals surface area (Å²) in [6.45, 7) is -2.47. The van der Waals surface area contributed by atoms with E-state index in [-0.39, 0.29) is 19.8 Å². The van der Waals surface area contributed by atoms with Crippen LogP contribution in [0.3, 0.4) is 0 Å². The highest BCUT2D eigenvalue weighted by atomic mass is 28.3. The van der Waals surface area contributed by atoms with Crippen LogP contribution in [0.25, 0.3) is 0 Å². The summed E-state index contributed by atoms with van der Waals surface area (Å²) in [6, 6.07) is 0. The van der Waals surface area contributed by atoms with Crippen LogP contribution in [0.5, 0.6) is 0 Å². The Morgan fingerprint density at radius 3 is 1.23 bits per heavy atom. The lowest BCUT2D eigenvalue weighted by atomic mass is 10.8. The summed E-state index contributed by atoms with van der Waals surface area (Å²) >= 11 is 0. The zero-order chi connectivity index (χ0) is 9.94. The van der Waals surface area contributed by atoms with Gasteiger partial charge >= 0.3 is 9.53 Å². The first kappa shape index (κ1) is 12.9. The first-order valence-corrected chi connectivity index (χ1v) is 5.29. The van der Waals surface area contributed by atoms with Crippen molar-refractivity contribution in [1.29, 1.82) is 0 Å². The van der Waals surface area contributed by atoms with E-state index < -0.39 is 29.6 Å². The first-order valence-electron chi connectivity index (χ1n) is 3.87.